The van der Waals surface area contributed by atoms with Crippen LogP contribution in [0.1, 0.15) is 24.8 Å². The van der Waals surface area contributed by atoms with Crippen molar-refractivity contribution >= 4 is 11.7 Å². The number of nitrogens with one attached hydrogen (secondary N) is 1. The maximum Gasteiger partial charge on any atom is 0.322 e. The predicted molar refractivity (Wildman–Crippen MR) is 81.2 cm³/mol. The minimum atomic E-state index is 0.0757. The van der Waals surface area contributed by atoms with Gasteiger partial charge in [0.1, 0.15) is 0 Å². The van der Waals surface area contributed by atoms with Crippen LogP contribution in [0.3, 0.4) is 0 Å². The lowest BCUT2D eigenvalue weighted by Gasteiger charge is -2.34. The van der Waals surface area contributed by atoms with Gasteiger partial charge in [-0.1, -0.05) is 18.2 Å². The Bertz CT molecular complexity index is 480. The molecule has 2 aliphatic rings. The predicted octanol–water partition coefficient (Wildman–Crippen LogP) is 2.24. The first-order chi connectivity index (χ1) is 9.74. The van der Waals surface area contributed by atoms with E-state index in [2.05, 4.69) is 35.5 Å². The van der Waals surface area contributed by atoms with Gasteiger partial charge in [-0.3, -0.25) is 4.90 Å². The average molecular weight is 273 g/mol. The van der Waals surface area contributed by atoms with E-state index in [-0.39, 0.29) is 6.03 Å². The first kappa shape index (κ1) is 13.4. The van der Waals surface area contributed by atoms with Crippen LogP contribution < -0.4 is 10.2 Å². The van der Waals surface area contributed by atoms with Crippen molar-refractivity contribution in [3.8, 4) is 0 Å². The molecule has 2 amide bonds. The van der Waals surface area contributed by atoms with Gasteiger partial charge in [-0.15, -0.1) is 0 Å². The lowest BCUT2D eigenvalue weighted by atomic mass is 10.0. The third-order valence-electron chi connectivity index (χ3n) is 4.40. The van der Waals surface area contributed by atoms with Gasteiger partial charge in [0.05, 0.1) is 0 Å². The van der Waals surface area contributed by atoms with Crippen LogP contribution in [0.4, 0.5) is 10.5 Å². The molecule has 0 atom stereocenters. The van der Waals surface area contributed by atoms with Crippen molar-refractivity contribution < 1.29 is 4.79 Å². The number of amides is 2. The number of aryl methyl sites for hydroxylation is 1. The second kappa shape index (κ2) is 5.83. The van der Waals surface area contributed by atoms with Gasteiger partial charge in [0.15, 0.2) is 0 Å². The van der Waals surface area contributed by atoms with E-state index in [9.17, 15) is 4.79 Å². The molecule has 0 radical (unpaired) electrons. The zero-order valence-corrected chi connectivity index (χ0v) is 12.1. The number of hydrogen-bond acceptors (Lipinski definition) is 2. The molecular formula is C16H23N3O. The molecule has 0 aliphatic carbocycles. The zero-order valence-electron chi connectivity index (χ0n) is 12.1. The van der Waals surface area contributed by atoms with Crippen LogP contribution in [0.5, 0.6) is 0 Å². The minimum absolute atomic E-state index is 0.0757. The van der Waals surface area contributed by atoms with E-state index in [1.54, 1.807) is 0 Å². The fourth-order valence-corrected chi connectivity index (χ4v) is 3.15. The number of nitrogens with zero attached hydrogens (tertiary/aromatic N) is 2. The van der Waals surface area contributed by atoms with Crippen molar-refractivity contribution in [3.63, 3.8) is 0 Å². The van der Waals surface area contributed by atoms with Crippen molar-refractivity contribution in [2.24, 2.45) is 0 Å². The Balaban J connectivity index is 1.66. The molecule has 4 nitrogen and oxygen atoms in total. The van der Waals surface area contributed by atoms with Gasteiger partial charge in [-0.05, 0) is 57.5 Å². The van der Waals surface area contributed by atoms with Crippen LogP contribution in [0, 0.1) is 0 Å². The van der Waals surface area contributed by atoms with E-state index >= 15 is 0 Å². The summed E-state index contributed by atoms with van der Waals surface area (Å²) in [7, 11) is 2.14. The number of para-hydroxylation sites is 1. The smallest absolute Gasteiger partial charge is 0.322 e. The number of likely N-dealkylation sites (tertiary alicyclic amines) is 1. The number of carbonyl (C=O) groups is 1. The van der Waals surface area contributed by atoms with Gasteiger partial charge < -0.3 is 10.2 Å². The molecule has 0 unspecified atom stereocenters. The Labute approximate surface area is 120 Å². The highest BCUT2D eigenvalue weighted by Gasteiger charge is 2.25. The van der Waals surface area contributed by atoms with Crippen LogP contribution in [0.2, 0.25) is 0 Å². The molecular weight excluding hydrogens is 250 g/mol. The SMILES string of the molecule is CN1CCC(NC(=O)N2CCCc3ccccc32)CC1. The average Bonchev–Trinajstić information content (AvgIpc) is 2.49. The summed E-state index contributed by atoms with van der Waals surface area (Å²) in [5.74, 6) is 0. The van der Waals surface area contributed by atoms with Crippen molar-refractivity contribution in [1.29, 1.82) is 0 Å². The fourth-order valence-electron chi connectivity index (χ4n) is 3.15. The summed E-state index contributed by atoms with van der Waals surface area (Å²) in [6.45, 7) is 2.97. The summed E-state index contributed by atoms with van der Waals surface area (Å²) < 4.78 is 0. The summed E-state index contributed by atoms with van der Waals surface area (Å²) in [6, 6.07) is 8.66. The molecule has 1 N–H and O–H groups in total. The molecule has 2 heterocycles. The highest BCUT2D eigenvalue weighted by molar-refractivity contribution is 5.93. The molecule has 0 spiro atoms. The molecule has 1 aromatic rings. The van der Waals surface area contributed by atoms with Gasteiger partial charge in [0.2, 0.25) is 0 Å². The normalized spacial score (nSPS) is 20.6. The number of benzene rings is 1. The van der Waals surface area contributed by atoms with Crippen LogP contribution in [0.25, 0.3) is 0 Å². The molecule has 0 aromatic heterocycles. The Kier molecular flexibility index (Phi) is 3.92. The largest absolute Gasteiger partial charge is 0.335 e. The lowest BCUT2D eigenvalue weighted by Crippen LogP contribution is -2.50. The topological polar surface area (TPSA) is 35.6 Å². The number of fused-ring (bicyclic) bond motifs is 1. The zero-order chi connectivity index (χ0) is 13.9. The first-order valence-corrected chi connectivity index (χ1v) is 7.58. The van der Waals surface area contributed by atoms with Crippen LogP contribution >= 0.6 is 0 Å². The Morgan fingerprint density at radius 1 is 1.20 bits per heavy atom. The molecule has 20 heavy (non-hydrogen) atoms. The summed E-state index contributed by atoms with van der Waals surface area (Å²) in [5.41, 5.74) is 2.38. The van der Waals surface area contributed by atoms with Crippen LogP contribution in [-0.4, -0.2) is 43.7 Å². The highest BCUT2D eigenvalue weighted by atomic mass is 16.2. The van der Waals surface area contributed by atoms with Crippen LogP contribution in [0.15, 0.2) is 24.3 Å². The second-order valence-electron chi connectivity index (χ2n) is 5.91. The number of carbonyl (C=O) groups excluding carboxylic acids is 1. The summed E-state index contributed by atoms with van der Waals surface area (Å²) in [4.78, 5) is 16.7. The summed E-state index contributed by atoms with van der Waals surface area (Å²) in [5, 5.41) is 3.21. The summed E-state index contributed by atoms with van der Waals surface area (Å²) >= 11 is 0. The molecule has 3 rings (SSSR count). The highest BCUT2D eigenvalue weighted by Crippen LogP contribution is 2.26. The molecule has 1 saturated heterocycles. The van der Waals surface area contributed by atoms with Gasteiger partial charge in [0.25, 0.3) is 0 Å². The van der Waals surface area contributed by atoms with Gasteiger partial charge in [-0.2, -0.15) is 0 Å². The Hall–Kier alpha value is -1.55. The Morgan fingerprint density at radius 2 is 1.95 bits per heavy atom. The molecule has 1 fully saturated rings. The quantitative estimate of drug-likeness (QED) is 0.852. The summed E-state index contributed by atoms with van der Waals surface area (Å²) in [6.07, 6.45) is 4.24. The van der Waals surface area contributed by atoms with Gasteiger partial charge in [-0.25, -0.2) is 4.79 Å². The first-order valence-electron chi connectivity index (χ1n) is 7.58. The van der Waals surface area contributed by atoms with E-state index in [4.69, 9.17) is 0 Å². The maximum absolute atomic E-state index is 12.5. The van der Waals surface area contributed by atoms with E-state index in [1.165, 1.54) is 5.56 Å². The van der Waals surface area contributed by atoms with Gasteiger partial charge in [0, 0.05) is 18.3 Å². The third-order valence-corrected chi connectivity index (χ3v) is 4.40. The van der Waals surface area contributed by atoms with Gasteiger partial charge >= 0.3 is 6.03 Å². The van der Waals surface area contributed by atoms with E-state index in [0.717, 1.165) is 51.0 Å². The lowest BCUT2D eigenvalue weighted by molar-refractivity contribution is 0.217. The number of rotatable bonds is 1. The van der Waals surface area contributed by atoms with Crippen molar-refractivity contribution in [2.45, 2.75) is 31.7 Å². The monoisotopic (exact) mass is 273 g/mol. The molecule has 108 valence electrons. The Morgan fingerprint density at radius 3 is 2.75 bits per heavy atom. The van der Waals surface area contributed by atoms with Crippen molar-refractivity contribution in [1.82, 2.24) is 10.2 Å². The molecule has 2 aliphatic heterocycles. The van der Waals surface area contributed by atoms with Crippen molar-refractivity contribution in [2.75, 3.05) is 31.6 Å². The van der Waals surface area contributed by atoms with Crippen molar-refractivity contribution in [3.05, 3.63) is 29.8 Å². The number of anilines is 1. The van der Waals surface area contributed by atoms with E-state index in [0.29, 0.717) is 6.04 Å². The maximum atomic E-state index is 12.5. The number of urea groups is 1. The standard InChI is InChI=1S/C16H23N3O/c1-18-11-8-14(9-12-18)17-16(20)19-10-4-6-13-5-2-3-7-15(13)19/h2-3,5,7,14H,4,6,8-12H2,1H3,(H,17,20). The van der Waals surface area contributed by atoms with Crippen LogP contribution in [-0.2, 0) is 6.42 Å². The number of hydrogen-bond donors (Lipinski definition) is 1. The molecule has 1 aromatic carbocycles. The van der Waals surface area contributed by atoms with E-state index in [1.807, 2.05) is 11.0 Å². The fraction of sp³-hybridized carbons (Fsp3) is 0.562. The van der Waals surface area contributed by atoms with E-state index < -0.39 is 0 Å². The molecule has 0 saturated carbocycles. The molecule has 0 bridgehead atoms. The third kappa shape index (κ3) is 2.80. The number of piperidine rings is 1. The molecule has 4 heteroatoms. The second-order valence-corrected chi connectivity index (χ2v) is 5.91. The minimum Gasteiger partial charge on any atom is -0.335 e.